The molecule has 0 fully saturated rings. The summed E-state index contributed by atoms with van der Waals surface area (Å²) >= 11 is 1.28. The number of aromatic nitrogens is 6. The van der Waals surface area contributed by atoms with Crippen molar-refractivity contribution in [3.05, 3.63) is 70.3 Å². The highest BCUT2D eigenvalue weighted by Crippen LogP contribution is 2.36. The molecule has 0 radical (unpaired) electrons. The van der Waals surface area contributed by atoms with Gasteiger partial charge in [-0.3, -0.25) is 9.59 Å². The van der Waals surface area contributed by atoms with Crippen molar-refractivity contribution in [3.8, 4) is 11.4 Å². The average Bonchev–Trinajstić information content (AvgIpc) is 3.54. The van der Waals surface area contributed by atoms with Crippen LogP contribution in [0.2, 0.25) is 0 Å². The maximum atomic E-state index is 12.9. The molecule has 0 amide bonds. The molecule has 0 saturated heterocycles. The topological polar surface area (TPSA) is 130 Å². The highest BCUT2D eigenvalue weighted by atomic mass is 32.2. The largest absolute Gasteiger partial charge is 0.416 e. The van der Waals surface area contributed by atoms with E-state index in [2.05, 4.69) is 20.6 Å². The van der Waals surface area contributed by atoms with Crippen molar-refractivity contribution in [3.63, 3.8) is 0 Å². The molecule has 2 aromatic heterocycles. The van der Waals surface area contributed by atoms with Crippen LogP contribution in [0.3, 0.4) is 0 Å². The minimum absolute atomic E-state index is 0. The van der Waals surface area contributed by atoms with Crippen LogP contribution in [0, 0.1) is 13.8 Å². The Labute approximate surface area is 278 Å². The van der Waals surface area contributed by atoms with Crippen LogP contribution < -0.4 is 0 Å². The Balaban J connectivity index is 0.000000462. The van der Waals surface area contributed by atoms with E-state index in [1.54, 1.807) is 6.92 Å². The summed E-state index contributed by atoms with van der Waals surface area (Å²) in [5, 5.41) is 15.1. The van der Waals surface area contributed by atoms with Gasteiger partial charge in [0.2, 0.25) is 0 Å². The van der Waals surface area contributed by atoms with Gasteiger partial charge in [0.1, 0.15) is 0 Å². The molecule has 0 saturated carbocycles. The molecule has 0 atom stereocenters. The lowest BCUT2D eigenvalue weighted by molar-refractivity contribution is -0.138. The number of ketones is 2. The Hall–Kier alpha value is -4.06. The fraction of sp³-hybridized carbons (Fsp3) is 0.400. The summed E-state index contributed by atoms with van der Waals surface area (Å²) in [6.07, 6.45) is -9.08. The van der Waals surface area contributed by atoms with Crippen molar-refractivity contribution in [2.24, 2.45) is 0 Å². The van der Waals surface area contributed by atoms with E-state index in [9.17, 15) is 44.3 Å². The summed E-state index contributed by atoms with van der Waals surface area (Å²) < 4.78 is 104. The zero-order valence-corrected chi connectivity index (χ0v) is 26.9. The van der Waals surface area contributed by atoms with E-state index in [-0.39, 0.29) is 54.9 Å². The molecular formula is C30H36F6N6O4S2. The molecule has 0 unspecified atom stereocenters. The van der Waals surface area contributed by atoms with Crippen LogP contribution in [0.15, 0.2) is 46.2 Å². The molecule has 2 heterocycles. The highest BCUT2D eigenvalue weighted by Gasteiger charge is 2.34. The number of halogens is 6. The zero-order chi connectivity index (χ0) is 34.8. The maximum absolute atomic E-state index is 12.9. The number of benzene rings is 2. The van der Waals surface area contributed by atoms with Crippen molar-refractivity contribution < 1.29 is 44.3 Å². The van der Waals surface area contributed by atoms with Crippen molar-refractivity contribution in [2.75, 3.05) is 11.5 Å². The van der Waals surface area contributed by atoms with Crippen LogP contribution in [-0.4, -0.2) is 61.5 Å². The second-order valence-corrected chi connectivity index (χ2v) is 13.2. The van der Waals surface area contributed by atoms with Crippen molar-refractivity contribution in [1.82, 2.24) is 30.0 Å². The zero-order valence-electron chi connectivity index (χ0n) is 25.3. The first kappa shape index (κ1) is 42.0. The number of nitrogens with zero attached hydrogens (tertiary/aromatic N) is 6. The molecule has 4 rings (SSSR count). The van der Waals surface area contributed by atoms with Crippen LogP contribution >= 0.6 is 11.8 Å². The smallest absolute Gasteiger partial charge is 0.293 e. The van der Waals surface area contributed by atoms with Crippen molar-refractivity contribution in [1.29, 1.82) is 0 Å². The molecule has 18 heteroatoms. The van der Waals surface area contributed by atoms with E-state index in [0.717, 1.165) is 28.9 Å². The number of hydrogen-bond donors (Lipinski definition) is 0. The van der Waals surface area contributed by atoms with E-state index < -0.39 is 38.2 Å². The molecule has 0 aliphatic heterocycles. The molecule has 264 valence electrons. The molecule has 0 bridgehead atoms. The molecule has 10 nitrogen and oxygen atoms in total. The van der Waals surface area contributed by atoms with Gasteiger partial charge < -0.3 is 0 Å². The first-order chi connectivity index (χ1) is 21.2. The first-order valence-corrected chi connectivity index (χ1v) is 16.0. The Bertz CT molecular complexity index is 1880. The number of carbonyl (C=O) groups excluding carboxylic acids is 2. The molecular weight excluding hydrogens is 686 g/mol. The van der Waals surface area contributed by atoms with Gasteiger partial charge in [-0.25, -0.2) is 17.8 Å². The van der Waals surface area contributed by atoms with E-state index in [4.69, 9.17) is 0 Å². The lowest BCUT2D eigenvalue weighted by atomic mass is 10.2. The Kier molecular flexibility index (Phi) is 13.9. The number of Topliss-reactive ketones (excluding diaryl/α,β-unsaturated/α-hetero) is 2. The van der Waals surface area contributed by atoms with Gasteiger partial charge in [-0.2, -0.15) is 26.3 Å². The second kappa shape index (κ2) is 15.9. The van der Waals surface area contributed by atoms with E-state index in [1.807, 2.05) is 6.92 Å². The van der Waals surface area contributed by atoms with Crippen LogP contribution in [0.4, 0.5) is 26.3 Å². The van der Waals surface area contributed by atoms with Gasteiger partial charge in [0.25, 0.3) is 0 Å². The summed E-state index contributed by atoms with van der Waals surface area (Å²) in [6, 6.07) is 5.80. The minimum atomic E-state index is -4.68. The standard InChI is InChI=1S/C14H14F3N3O3S.C14H14F3N3OS.2CH4/c1-4-24(22,23)12-7-10(14(15,16)17)5-6-11(12)20-8(2)13(9(3)21)18-19-20;1-4-22-12-7-10(14(15,16)17)5-6-11(12)20-8(2)13(9(3)21)18-19-20;;/h5-7H,4H2,1-3H3;5-7H,4H2,1-3H3;2*1H4. The number of rotatable bonds is 8. The van der Waals surface area contributed by atoms with Crippen LogP contribution in [0.5, 0.6) is 0 Å². The minimum Gasteiger partial charge on any atom is -0.293 e. The molecule has 48 heavy (non-hydrogen) atoms. The molecule has 0 aliphatic rings. The van der Waals surface area contributed by atoms with Crippen LogP contribution in [0.1, 0.15) is 86.0 Å². The van der Waals surface area contributed by atoms with Gasteiger partial charge in [-0.15, -0.1) is 22.0 Å². The first-order valence-electron chi connectivity index (χ1n) is 13.4. The number of hydrogen-bond acceptors (Lipinski definition) is 9. The van der Waals surface area contributed by atoms with Crippen LogP contribution in [-0.2, 0) is 22.2 Å². The summed E-state index contributed by atoms with van der Waals surface area (Å²) in [4.78, 5) is 22.8. The number of alkyl halides is 6. The highest BCUT2D eigenvalue weighted by molar-refractivity contribution is 7.99. The van der Waals surface area contributed by atoms with Crippen LogP contribution in [0.25, 0.3) is 11.4 Å². The maximum Gasteiger partial charge on any atom is 0.416 e. The molecule has 2 aromatic carbocycles. The third-order valence-corrected chi connectivity index (χ3v) is 9.19. The van der Waals surface area contributed by atoms with Gasteiger partial charge in [-0.1, -0.05) is 39.1 Å². The van der Waals surface area contributed by atoms with Gasteiger partial charge in [0.15, 0.2) is 32.8 Å². The Morgan fingerprint density at radius 1 is 0.750 bits per heavy atom. The monoisotopic (exact) mass is 722 g/mol. The van der Waals surface area contributed by atoms with E-state index in [1.165, 1.54) is 50.2 Å². The normalized spacial score (nSPS) is 11.6. The van der Waals surface area contributed by atoms with Gasteiger partial charge >= 0.3 is 12.4 Å². The molecule has 0 aliphatic carbocycles. The third kappa shape index (κ3) is 9.09. The average molecular weight is 723 g/mol. The SMILES string of the molecule is C.C.CCS(=O)(=O)c1cc(C(F)(F)F)ccc1-n1nnc(C(C)=O)c1C.CCSc1cc(C(F)(F)F)ccc1-n1nnc(C(C)=O)c1C. The molecule has 0 spiro atoms. The number of carbonyl (C=O) groups is 2. The third-order valence-electron chi connectivity index (χ3n) is 6.50. The summed E-state index contributed by atoms with van der Waals surface area (Å²) in [6.45, 7) is 8.96. The fourth-order valence-electron chi connectivity index (χ4n) is 4.17. The lowest BCUT2D eigenvalue weighted by Gasteiger charge is -2.14. The predicted molar refractivity (Wildman–Crippen MR) is 170 cm³/mol. The summed E-state index contributed by atoms with van der Waals surface area (Å²) in [7, 11) is -3.96. The van der Waals surface area contributed by atoms with Gasteiger partial charge in [0.05, 0.1) is 44.5 Å². The van der Waals surface area contributed by atoms with Gasteiger partial charge in [-0.05, 0) is 56.0 Å². The summed E-state index contributed by atoms with van der Waals surface area (Å²) in [5.41, 5.74) is -0.401. The molecule has 0 N–H and O–H groups in total. The molecule has 4 aromatic rings. The van der Waals surface area contributed by atoms with Crippen molar-refractivity contribution in [2.45, 2.75) is 78.5 Å². The van der Waals surface area contributed by atoms with E-state index >= 15 is 0 Å². The predicted octanol–water partition coefficient (Wildman–Crippen LogP) is 7.77. The second-order valence-electron chi connectivity index (χ2n) is 9.68. The van der Waals surface area contributed by atoms with Crippen molar-refractivity contribution >= 4 is 33.2 Å². The fourth-order valence-corrected chi connectivity index (χ4v) is 6.09. The Morgan fingerprint density at radius 2 is 1.17 bits per heavy atom. The number of thioether (sulfide) groups is 1. The van der Waals surface area contributed by atoms with Gasteiger partial charge in [0, 0.05) is 18.7 Å². The quantitative estimate of drug-likeness (QED) is 0.102. The van der Waals surface area contributed by atoms with E-state index in [0.29, 0.717) is 28.1 Å². The Morgan fingerprint density at radius 3 is 1.54 bits per heavy atom. The summed E-state index contributed by atoms with van der Waals surface area (Å²) in [5.74, 6) is -0.387. The number of sulfone groups is 1. The lowest BCUT2D eigenvalue weighted by Crippen LogP contribution is -2.14.